The van der Waals surface area contributed by atoms with Crippen molar-refractivity contribution in [1.82, 2.24) is 15.1 Å². The predicted molar refractivity (Wildman–Crippen MR) is 97.3 cm³/mol. The molecule has 130 valence electrons. The van der Waals surface area contributed by atoms with Gasteiger partial charge >= 0.3 is 0 Å². The van der Waals surface area contributed by atoms with Gasteiger partial charge in [0.2, 0.25) is 0 Å². The largest absolute Gasteiger partial charge is 0.350 e. The molecule has 5 heteroatoms. The van der Waals surface area contributed by atoms with Crippen LogP contribution in [-0.4, -0.2) is 22.2 Å². The van der Waals surface area contributed by atoms with E-state index >= 15 is 0 Å². The molecule has 0 saturated heterocycles. The highest BCUT2D eigenvalue weighted by Crippen LogP contribution is 2.30. The Bertz CT molecular complexity index is 853. The monoisotopic (exact) mass is 336 g/mol. The smallest absolute Gasteiger partial charge is 0.269 e. The Morgan fingerprint density at radius 3 is 2.68 bits per heavy atom. The molecule has 2 aromatic rings. The second kappa shape index (κ2) is 6.72. The summed E-state index contributed by atoms with van der Waals surface area (Å²) in [6.45, 7) is 8.66. The van der Waals surface area contributed by atoms with Crippen LogP contribution in [-0.2, 0) is 0 Å². The summed E-state index contributed by atoms with van der Waals surface area (Å²) < 4.78 is 1.81. The lowest BCUT2D eigenvalue weighted by molar-refractivity contribution is 0.0938. The average molecular weight is 336 g/mol. The first-order valence-corrected chi connectivity index (χ1v) is 8.80. The van der Waals surface area contributed by atoms with Crippen molar-refractivity contribution in [3.8, 4) is 17.3 Å². The summed E-state index contributed by atoms with van der Waals surface area (Å²) in [6.07, 6.45) is 2.41. The number of carbonyl (C=O) groups is 1. The molecule has 1 heterocycles. The van der Waals surface area contributed by atoms with Crippen molar-refractivity contribution < 1.29 is 4.79 Å². The Balaban J connectivity index is 2.00. The third-order valence-corrected chi connectivity index (χ3v) is 4.72. The minimum Gasteiger partial charge on any atom is -0.350 e. The Hall–Kier alpha value is -2.61. The number of aromatic nitrogens is 2. The quantitative estimate of drug-likeness (QED) is 0.903. The second-order valence-corrected chi connectivity index (χ2v) is 7.16. The summed E-state index contributed by atoms with van der Waals surface area (Å²) in [6, 6.07) is 7.95. The van der Waals surface area contributed by atoms with Gasteiger partial charge in [-0.05, 0) is 64.2 Å². The van der Waals surface area contributed by atoms with Crippen molar-refractivity contribution in [3.63, 3.8) is 0 Å². The van der Waals surface area contributed by atoms with E-state index in [0.29, 0.717) is 17.2 Å². The number of rotatable bonds is 5. The zero-order valence-electron chi connectivity index (χ0n) is 15.3. The van der Waals surface area contributed by atoms with Crippen LogP contribution in [0.1, 0.15) is 59.9 Å². The Labute approximate surface area is 148 Å². The number of nitrogens with zero attached hydrogens (tertiary/aromatic N) is 3. The maximum atomic E-state index is 12.7. The van der Waals surface area contributed by atoms with E-state index in [4.69, 9.17) is 10.4 Å². The topological polar surface area (TPSA) is 70.7 Å². The minimum absolute atomic E-state index is 0.0535. The number of hydrogen-bond acceptors (Lipinski definition) is 3. The standard InChI is InChI=1S/C20H24N4O/c1-12(2)24-19(20(25)22-11-15-5-6-15)14(4)18(23-24)16-7-8-17(10-21)13(3)9-16/h7-9,12,15H,5-6,11H2,1-4H3,(H,22,25). The van der Waals surface area contributed by atoms with Gasteiger partial charge in [0.05, 0.1) is 17.3 Å². The van der Waals surface area contributed by atoms with E-state index < -0.39 is 0 Å². The molecule has 5 nitrogen and oxygen atoms in total. The maximum Gasteiger partial charge on any atom is 0.269 e. The number of aryl methyl sites for hydroxylation is 1. The number of benzene rings is 1. The SMILES string of the molecule is Cc1cc(-c2nn(C(C)C)c(C(=O)NCC3CC3)c2C)ccc1C#N. The van der Waals surface area contributed by atoms with Gasteiger partial charge in [0.1, 0.15) is 5.69 Å². The van der Waals surface area contributed by atoms with E-state index in [9.17, 15) is 4.79 Å². The summed E-state index contributed by atoms with van der Waals surface area (Å²) in [7, 11) is 0. The second-order valence-electron chi connectivity index (χ2n) is 7.16. The van der Waals surface area contributed by atoms with Gasteiger partial charge in [-0.1, -0.05) is 6.07 Å². The average Bonchev–Trinajstić information content (AvgIpc) is 3.34. The number of nitrogens with one attached hydrogen (secondary N) is 1. The van der Waals surface area contributed by atoms with Gasteiger partial charge in [-0.25, -0.2) is 0 Å². The number of amides is 1. The van der Waals surface area contributed by atoms with Crippen molar-refractivity contribution in [1.29, 1.82) is 5.26 Å². The molecule has 0 radical (unpaired) electrons. The number of hydrogen-bond donors (Lipinski definition) is 1. The van der Waals surface area contributed by atoms with E-state index in [1.165, 1.54) is 12.8 Å². The highest BCUT2D eigenvalue weighted by atomic mass is 16.2. The molecule has 0 aliphatic heterocycles. The molecule has 1 aliphatic carbocycles. The molecule has 25 heavy (non-hydrogen) atoms. The van der Waals surface area contributed by atoms with Crippen LogP contribution in [0.15, 0.2) is 18.2 Å². The number of carbonyl (C=O) groups excluding carboxylic acids is 1. The van der Waals surface area contributed by atoms with Crippen LogP contribution >= 0.6 is 0 Å². The van der Waals surface area contributed by atoms with Crippen LogP contribution in [0.2, 0.25) is 0 Å². The fourth-order valence-electron chi connectivity index (χ4n) is 3.02. The van der Waals surface area contributed by atoms with E-state index in [2.05, 4.69) is 11.4 Å². The molecular weight excluding hydrogens is 312 g/mol. The van der Waals surface area contributed by atoms with Crippen LogP contribution in [0, 0.1) is 31.1 Å². The molecule has 0 bridgehead atoms. The van der Waals surface area contributed by atoms with E-state index in [-0.39, 0.29) is 11.9 Å². The van der Waals surface area contributed by atoms with Gasteiger partial charge in [0.25, 0.3) is 5.91 Å². The van der Waals surface area contributed by atoms with Crippen LogP contribution in [0.3, 0.4) is 0 Å². The fourth-order valence-corrected chi connectivity index (χ4v) is 3.02. The minimum atomic E-state index is -0.0535. The Kier molecular flexibility index (Phi) is 4.63. The first kappa shape index (κ1) is 17.2. The lowest BCUT2D eigenvalue weighted by Gasteiger charge is -2.11. The van der Waals surface area contributed by atoms with Crippen LogP contribution < -0.4 is 5.32 Å². The van der Waals surface area contributed by atoms with Crippen molar-refractivity contribution in [2.24, 2.45) is 5.92 Å². The Morgan fingerprint density at radius 2 is 2.12 bits per heavy atom. The van der Waals surface area contributed by atoms with Crippen molar-refractivity contribution >= 4 is 5.91 Å². The summed E-state index contributed by atoms with van der Waals surface area (Å²) in [5, 5.41) is 16.9. The highest BCUT2D eigenvalue weighted by Gasteiger charge is 2.26. The van der Waals surface area contributed by atoms with Gasteiger partial charge in [-0.3, -0.25) is 9.48 Å². The number of nitriles is 1. The van der Waals surface area contributed by atoms with E-state index in [1.54, 1.807) is 4.68 Å². The molecule has 0 atom stereocenters. The summed E-state index contributed by atoms with van der Waals surface area (Å²) in [4.78, 5) is 12.7. The van der Waals surface area contributed by atoms with E-state index in [0.717, 1.165) is 28.9 Å². The summed E-state index contributed by atoms with van der Waals surface area (Å²) >= 11 is 0. The predicted octanol–water partition coefficient (Wildman–Crippen LogP) is 3.76. The molecule has 0 unspecified atom stereocenters. The first-order valence-electron chi connectivity index (χ1n) is 8.80. The van der Waals surface area contributed by atoms with Gasteiger partial charge in [-0.15, -0.1) is 0 Å². The molecule has 1 saturated carbocycles. The lowest BCUT2D eigenvalue weighted by Crippen LogP contribution is -2.29. The van der Waals surface area contributed by atoms with Gasteiger partial charge < -0.3 is 5.32 Å². The highest BCUT2D eigenvalue weighted by molar-refractivity contribution is 5.95. The molecule has 1 N–H and O–H groups in total. The maximum absolute atomic E-state index is 12.7. The van der Waals surface area contributed by atoms with Crippen LogP contribution in [0.4, 0.5) is 0 Å². The van der Waals surface area contributed by atoms with E-state index in [1.807, 2.05) is 45.9 Å². The zero-order chi connectivity index (χ0) is 18.1. The Morgan fingerprint density at radius 1 is 1.40 bits per heavy atom. The molecule has 0 spiro atoms. The van der Waals surface area contributed by atoms with Crippen LogP contribution in [0.5, 0.6) is 0 Å². The van der Waals surface area contributed by atoms with Gasteiger partial charge in [0.15, 0.2) is 0 Å². The third-order valence-electron chi connectivity index (χ3n) is 4.72. The molecule has 1 fully saturated rings. The molecule has 1 aromatic heterocycles. The molecular formula is C20H24N4O. The normalized spacial score (nSPS) is 13.8. The molecule has 1 amide bonds. The molecule has 1 aromatic carbocycles. The molecule has 1 aliphatic rings. The van der Waals surface area contributed by atoms with Gasteiger partial charge in [0, 0.05) is 23.7 Å². The molecule has 3 rings (SSSR count). The van der Waals surface area contributed by atoms with Gasteiger partial charge in [-0.2, -0.15) is 10.4 Å². The van der Waals surface area contributed by atoms with Crippen molar-refractivity contribution in [2.75, 3.05) is 6.54 Å². The summed E-state index contributed by atoms with van der Waals surface area (Å²) in [5.74, 6) is 0.586. The van der Waals surface area contributed by atoms with Crippen LogP contribution in [0.25, 0.3) is 11.3 Å². The first-order chi connectivity index (χ1) is 11.9. The fraction of sp³-hybridized carbons (Fsp3) is 0.450. The van der Waals surface area contributed by atoms with Crippen molar-refractivity contribution in [3.05, 3.63) is 40.6 Å². The third kappa shape index (κ3) is 3.43. The summed E-state index contributed by atoms with van der Waals surface area (Å²) in [5.41, 5.74) is 4.83. The zero-order valence-corrected chi connectivity index (χ0v) is 15.3. The lowest BCUT2D eigenvalue weighted by atomic mass is 10.0. The van der Waals surface area contributed by atoms with Crippen molar-refractivity contribution in [2.45, 2.75) is 46.6 Å².